The number of aromatic nitrogens is 2. The number of nitrogens with two attached hydrogens (primary N) is 1. The molecule has 0 atom stereocenters. The van der Waals surface area contributed by atoms with Crippen LogP contribution in [0.25, 0.3) is 0 Å². The monoisotopic (exact) mass is 219 g/mol. The van der Waals surface area contributed by atoms with Crippen LogP contribution in [-0.4, -0.2) is 18.2 Å². The molecule has 0 aromatic carbocycles. The Morgan fingerprint density at radius 2 is 2.29 bits per heavy atom. The maximum atomic E-state index is 10.5. The van der Waals surface area contributed by atoms with Gasteiger partial charge in [-0.1, -0.05) is 0 Å². The van der Waals surface area contributed by atoms with E-state index < -0.39 is 10.3 Å². The molecule has 0 aliphatic heterocycles. The zero-order chi connectivity index (χ0) is 10.8. The Balaban J connectivity index is 2.61. The molecular formula is C7H13N3O3S. The summed E-state index contributed by atoms with van der Waals surface area (Å²) in [5.41, 5.74) is 0.674. The Kier molecular flexibility index (Phi) is 3.25. The Labute approximate surface area is 82.9 Å². The van der Waals surface area contributed by atoms with Crippen molar-refractivity contribution in [2.24, 2.45) is 5.14 Å². The number of rotatable bonds is 4. The molecule has 1 heterocycles. The molecule has 1 rings (SSSR count). The molecule has 0 saturated heterocycles. The molecule has 0 bridgehead atoms. The van der Waals surface area contributed by atoms with E-state index in [1.165, 1.54) is 0 Å². The predicted octanol–water partition coefficient (Wildman–Crippen LogP) is 0.184. The van der Waals surface area contributed by atoms with Crippen LogP contribution < -0.4 is 5.14 Å². The fourth-order valence-electron chi connectivity index (χ4n) is 0.885. The van der Waals surface area contributed by atoms with E-state index >= 15 is 0 Å². The second-order valence-electron chi connectivity index (χ2n) is 3.18. The van der Waals surface area contributed by atoms with Gasteiger partial charge in [0.1, 0.15) is 0 Å². The first-order valence-electron chi connectivity index (χ1n) is 4.08. The zero-order valence-corrected chi connectivity index (χ0v) is 8.86. The Morgan fingerprint density at radius 3 is 2.71 bits per heavy atom. The quantitative estimate of drug-likeness (QED) is 0.782. The van der Waals surface area contributed by atoms with Crippen molar-refractivity contribution in [3.8, 4) is 0 Å². The minimum atomic E-state index is -3.87. The van der Waals surface area contributed by atoms with Gasteiger partial charge >= 0.3 is 10.3 Å². The summed E-state index contributed by atoms with van der Waals surface area (Å²) in [5, 5.41) is 8.69. The lowest BCUT2D eigenvalue weighted by Crippen LogP contribution is -2.15. The molecule has 14 heavy (non-hydrogen) atoms. The Morgan fingerprint density at radius 1 is 1.64 bits per heavy atom. The third kappa shape index (κ3) is 3.44. The molecular weight excluding hydrogens is 206 g/mol. The molecule has 0 fully saturated rings. The van der Waals surface area contributed by atoms with Gasteiger partial charge in [-0.05, 0) is 13.8 Å². The van der Waals surface area contributed by atoms with Crippen LogP contribution in [0, 0.1) is 0 Å². The van der Waals surface area contributed by atoms with E-state index in [0.717, 1.165) is 0 Å². The second-order valence-corrected chi connectivity index (χ2v) is 4.40. The molecule has 1 aromatic rings. The molecule has 80 valence electrons. The van der Waals surface area contributed by atoms with E-state index in [-0.39, 0.29) is 12.6 Å². The van der Waals surface area contributed by atoms with E-state index in [4.69, 9.17) is 0 Å². The minimum absolute atomic E-state index is 0.0778. The SMILES string of the molecule is CC(C)n1cc(COS(N)(=O)=O)cn1. The lowest BCUT2D eigenvalue weighted by molar-refractivity contribution is 0.308. The van der Waals surface area contributed by atoms with E-state index in [0.29, 0.717) is 5.56 Å². The lowest BCUT2D eigenvalue weighted by Gasteiger charge is -2.02. The summed E-state index contributed by atoms with van der Waals surface area (Å²) in [6.45, 7) is 3.86. The summed E-state index contributed by atoms with van der Waals surface area (Å²) in [7, 11) is -3.87. The maximum absolute atomic E-state index is 10.5. The lowest BCUT2D eigenvalue weighted by atomic mass is 10.4. The van der Waals surface area contributed by atoms with Crippen LogP contribution in [0.2, 0.25) is 0 Å². The molecule has 2 N–H and O–H groups in total. The fourth-order valence-corrected chi connectivity index (χ4v) is 1.18. The second kappa shape index (κ2) is 4.07. The molecule has 0 amide bonds. The van der Waals surface area contributed by atoms with Crippen molar-refractivity contribution in [1.29, 1.82) is 0 Å². The molecule has 1 aromatic heterocycles. The fraction of sp³-hybridized carbons (Fsp3) is 0.571. The first kappa shape index (κ1) is 11.2. The topological polar surface area (TPSA) is 87.2 Å². The van der Waals surface area contributed by atoms with Crippen LogP contribution in [-0.2, 0) is 21.1 Å². The summed E-state index contributed by atoms with van der Waals surface area (Å²) in [6, 6.07) is 0.234. The van der Waals surface area contributed by atoms with Crippen molar-refractivity contribution >= 4 is 10.3 Å². The largest absolute Gasteiger partial charge is 0.333 e. The van der Waals surface area contributed by atoms with Crippen LogP contribution in [0.5, 0.6) is 0 Å². The molecule has 6 nitrogen and oxygen atoms in total. The summed E-state index contributed by atoms with van der Waals surface area (Å²) < 4.78 is 27.1. The van der Waals surface area contributed by atoms with Gasteiger partial charge in [0, 0.05) is 17.8 Å². The number of hydrogen-bond donors (Lipinski definition) is 1. The van der Waals surface area contributed by atoms with Gasteiger partial charge in [0.25, 0.3) is 0 Å². The minimum Gasteiger partial charge on any atom is -0.270 e. The molecule has 0 aliphatic rings. The van der Waals surface area contributed by atoms with Crippen molar-refractivity contribution in [2.45, 2.75) is 26.5 Å². The Bertz CT molecular complexity index is 396. The smallest absolute Gasteiger partial charge is 0.270 e. The van der Waals surface area contributed by atoms with Crippen LogP contribution in [0.4, 0.5) is 0 Å². The highest BCUT2D eigenvalue weighted by Crippen LogP contribution is 2.06. The van der Waals surface area contributed by atoms with Crippen molar-refractivity contribution in [3.63, 3.8) is 0 Å². The van der Waals surface area contributed by atoms with Gasteiger partial charge < -0.3 is 0 Å². The third-order valence-electron chi connectivity index (χ3n) is 1.57. The van der Waals surface area contributed by atoms with Gasteiger partial charge in [-0.2, -0.15) is 13.5 Å². The standard InChI is InChI=1S/C7H13N3O3S/c1-6(2)10-4-7(3-9-10)5-13-14(8,11)12/h3-4,6H,5H2,1-2H3,(H2,8,11,12). The van der Waals surface area contributed by atoms with Gasteiger partial charge in [0.15, 0.2) is 0 Å². The normalized spacial score (nSPS) is 12.3. The van der Waals surface area contributed by atoms with Crippen LogP contribution in [0.15, 0.2) is 12.4 Å². The predicted molar refractivity (Wildman–Crippen MR) is 50.5 cm³/mol. The number of hydrogen-bond acceptors (Lipinski definition) is 4. The first-order valence-corrected chi connectivity index (χ1v) is 5.56. The Hall–Kier alpha value is -0.920. The molecule has 0 aliphatic carbocycles. The van der Waals surface area contributed by atoms with Gasteiger partial charge in [-0.25, -0.2) is 5.14 Å². The average Bonchev–Trinajstić information content (AvgIpc) is 2.47. The molecule has 7 heteroatoms. The summed E-state index contributed by atoms with van der Waals surface area (Å²) in [4.78, 5) is 0. The van der Waals surface area contributed by atoms with Gasteiger partial charge in [0.05, 0.1) is 12.8 Å². The van der Waals surface area contributed by atoms with Crippen molar-refractivity contribution < 1.29 is 12.6 Å². The molecule has 0 radical (unpaired) electrons. The first-order chi connectivity index (χ1) is 6.38. The summed E-state index contributed by atoms with van der Waals surface area (Å²) >= 11 is 0. The van der Waals surface area contributed by atoms with Crippen LogP contribution in [0.3, 0.4) is 0 Å². The molecule has 0 saturated carbocycles. The van der Waals surface area contributed by atoms with Crippen molar-refractivity contribution in [3.05, 3.63) is 18.0 Å². The van der Waals surface area contributed by atoms with Crippen molar-refractivity contribution in [1.82, 2.24) is 9.78 Å². The van der Waals surface area contributed by atoms with E-state index in [2.05, 4.69) is 14.4 Å². The summed E-state index contributed by atoms with van der Waals surface area (Å²) in [5.74, 6) is 0. The van der Waals surface area contributed by atoms with Crippen LogP contribution in [0.1, 0.15) is 25.5 Å². The zero-order valence-electron chi connectivity index (χ0n) is 8.04. The number of nitrogens with zero attached hydrogens (tertiary/aromatic N) is 2. The van der Waals surface area contributed by atoms with Gasteiger partial charge in [-0.15, -0.1) is 0 Å². The maximum Gasteiger partial charge on any atom is 0.333 e. The van der Waals surface area contributed by atoms with Gasteiger partial charge in [0.2, 0.25) is 0 Å². The highest BCUT2D eigenvalue weighted by Gasteiger charge is 2.06. The molecule has 0 spiro atoms. The molecule has 0 unspecified atom stereocenters. The van der Waals surface area contributed by atoms with Gasteiger partial charge in [-0.3, -0.25) is 8.86 Å². The highest BCUT2D eigenvalue weighted by atomic mass is 32.2. The average molecular weight is 219 g/mol. The van der Waals surface area contributed by atoms with Crippen LogP contribution >= 0.6 is 0 Å². The van der Waals surface area contributed by atoms with E-state index in [9.17, 15) is 8.42 Å². The highest BCUT2D eigenvalue weighted by molar-refractivity contribution is 7.84. The van der Waals surface area contributed by atoms with E-state index in [1.54, 1.807) is 17.1 Å². The third-order valence-corrected chi connectivity index (χ3v) is 2.02. The van der Waals surface area contributed by atoms with Crippen molar-refractivity contribution in [2.75, 3.05) is 0 Å². The summed E-state index contributed by atoms with van der Waals surface area (Å²) in [6.07, 6.45) is 3.26. The van der Waals surface area contributed by atoms with E-state index in [1.807, 2.05) is 13.8 Å².